The largest absolute Gasteiger partial charge is 0.462 e. The molecule has 0 radical (unpaired) electrons. The molecule has 476 valence electrons. The second-order valence-corrected chi connectivity index (χ2v) is 24.9. The first-order valence-electron chi connectivity index (χ1n) is 36.5. The predicted octanol–water partition coefficient (Wildman–Crippen LogP) is 25.1. The molecule has 6 heteroatoms. The Morgan fingerprint density at radius 1 is 0.247 bits per heavy atom. The maximum absolute atomic E-state index is 12.9. The first-order valence-corrected chi connectivity index (χ1v) is 36.5. The Morgan fingerprint density at radius 3 is 0.691 bits per heavy atom. The van der Waals surface area contributed by atoms with Crippen LogP contribution in [0.2, 0.25) is 0 Å². The molecular weight excluding hydrogens is 997 g/mol. The monoisotopic (exact) mass is 1140 g/mol. The maximum atomic E-state index is 12.9. The van der Waals surface area contributed by atoms with Crippen LogP contribution < -0.4 is 0 Å². The minimum absolute atomic E-state index is 0.0697. The Labute approximate surface area is 506 Å². The van der Waals surface area contributed by atoms with Gasteiger partial charge in [-0.15, -0.1) is 0 Å². The van der Waals surface area contributed by atoms with E-state index in [9.17, 15) is 14.4 Å². The zero-order valence-corrected chi connectivity index (χ0v) is 54.8. The zero-order chi connectivity index (χ0) is 58.5. The number of unbranched alkanes of at least 4 members (excludes halogenated alkanes) is 51. The highest BCUT2D eigenvalue weighted by Crippen LogP contribution is 2.19. The van der Waals surface area contributed by atoms with Crippen molar-refractivity contribution in [1.82, 2.24) is 0 Å². The molecule has 0 fully saturated rings. The van der Waals surface area contributed by atoms with Crippen LogP contribution in [-0.4, -0.2) is 37.2 Å². The minimum Gasteiger partial charge on any atom is -0.462 e. The highest BCUT2D eigenvalue weighted by molar-refractivity contribution is 5.71. The quantitative estimate of drug-likeness (QED) is 0.0261. The number of carbonyl (C=O) groups excluding carboxylic acids is 3. The van der Waals surface area contributed by atoms with Gasteiger partial charge < -0.3 is 14.2 Å². The predicted molar refractivity (Wildman–Crippen MR) is 353 cm³/mol. The van der Waals surface area contributed by atoms with Gasteiger partial charge in [0.2, 0.25) is 0 Å². The third kappa shape index (κ3) is 68.3. The van der Waals surface area contributed by atoms with Crippen molar-refractivity contribution in [2.45, 2.75) is 412 Å². The summed E-state index contributed by atoms with van der Waals surface area (Å²) in [4.78, 5) is 38.3. The van der Waals surface area contributed by atoms with Crippen LogP contribution in [0.1, 0.15) is 406 Å². The van der Waals surface area contributed by atoms with Crippen molar-refractivity contribution in [2.75, 3.05) is 13.2 Å². The lowest BCUT2D eigenvalue weighted by atomic mass is 10.0. The van der Waals surface area contributed by atoms with E-state index in [4.69, 9.17) is 14.2 Å². The lowest BCUT2D eigenvalue weighted by Crippen LogP contribution is -2.30. The van der Waals surface area contributed by atoms with E-state index in [1.165, 1.54) is 289 Å². The van der Waals surface area contributed by atoms with Crippen molar-refractivity contribution in [3.63, 3.8) is 0 Å². The number of hydrogen-bond donors (Lipinski definition) is 0. The molecule has 0 amide bonds. The Hall–Kier alpha value is -2.37. The molecule has 0 aliphatic heterocycles. The third-order valence-electron chi connectivity index (χ3n) is 16.6. The lowest BCUT2D eigenvalue weighted by Gasteiger charge is -2.18. The van der Waals surface area contributed by atoms with Gasteiger partial charge in [-0.25, -0.2) is 0 Å². The molecule has 1 unspecified atom stereocenters. The molecule has 0 aliphatic rings. The van der Waals surface area contributed by atoms with Gasteiger partial charge in [0.25, 0.3) is 0 Å². The summed E-state index contributed by atoms with van der Waals surface area (Å²) in [5.41, 5.74) is 0. The first-order chi connectivity index (χ1) is 40.0. The molecule has 0 aliphatic carbocycles. The summed E-state index contributed by atoms with van der Waals surface area (Å²) in [6.45, 7) is 6.68. The molecule has 0 saturated heterocycles. The van der Waals surface area contributed by atoms with Crippen LogP contribution in [0.3, 0.4) is 0 Å². The normalized spacial score (nSPS) is 12.2. The summed E-state index contributed by atoms with van der Waals surface area (Å²) in [5, 5.41) is 0. The molecule has 0 N–H and O–H groups in total. The molecule has 0 rings (SSSR count). The van der Waals surface area contributed by atoms with Gasteiger partial charge in [0.15, 0.2) is 6.10 Å². The number of allylic oxidation sites excluding steroid dienone is 6. The fourth-order valence-corrected chi connectivity index (χ4v) is 11.2. The average molecular weight is 1140 g/mol. The molecule has 0 aromatic carbocycles. The van der Waals surface area contributed by atoms with Gasteiger partial charge in [0, 0.05) is 19.3 Å². The molecule has 81 heavy (non-hydrogen) atoms. The second kappa shape index (κ2) is 70.1. The minimum atomic E-state index is -0.773. The molecule has 0 aromatic rings. The molecule has 0 heterocycles. The molecule has 0 aromatic heterocycles. The lowest BCUT2D eigenvalue weighted by molar-refractivity contribution is -0.167. The van der Waals surface area contributed by atoms with Crippen molar-refractivity contribution in [2.24, 2.45) is 0 Å². The Morgan fingerprint density at radius 2 is 0.444 bits per heavy atom. The van der Waals surface area contributed by atoms with Gasteiger partial charge in [-0.3, -0.25) is 14.4 Å². The molecule has 6 nitrogen and oxygen atoms in total. The number of carbonyl (C=O) groups is 3. The van der Waals surface area contributed by atoms with Gasteiger partial charge in [-0.2, -0.15) is 0 Å². The van der Waals surface area contributed by atoms with E-state index in [1.54, 1.807) is 0 Å². The molecule has 1 atom stereocenters. The van der Waals surface area contributed by atoms with Crippen LogP contribution in [0.15, 0.2) is 36.5 Å². The standard InChI is InChI=1S/C75H140O6/c1-4-7-10-13-16-19-22-24-26-28-30-32-34-35-36-37-38-39-40-42-43-45-47-49-51-53-56-59-62-65-68-74(77)80-71-72(70-79-73(76)67-64-61-58-55-21-18-15-12-9-6-3)81-75(78)69-66-63-60-57-54-52-50-48-46-44-41-33-31-29-27-25-23-20-17-14-11-8-5-2/h23,25,29,31,41,44,72H,4-22,24,26-28,30,32-40,42-43,45-71H2,1-3H3/b25-23-,31-29-,44-41-. The smallest absolute Gasteiger partial charge is 0.306 e. The Bertz CT molecular complexity index is 1350. The van der Waals surface area contributed by atoms with Crippen molar-refractivity contribution >= 4 is 17.9 Å². The van der Waals surface area contributed by atoms with E-state index in [2.05, 4.69) is 57.2 Å². The SMILES string of the molecule is CCCCCCC/C=C\C/C=C\C/C=C\CCCCCCCCCCC(=O)OC(COC(=O)CCCCCCCCCCCC)COC(=O)CCCCCCCCCCCCCCCCCCCCCCCCCCCCCCCC. The van der Waals surface area contributed by atoms with Gasteiger partial charge in [0.1, 0.15) is 13.2 Å². The van der Waals surface area contributed by atoms with Crippen LogP contribution in [-0.2, 0) is 28.6 Å². The summed E-state index contributed by atoms with van der Waals surface area (Å²) in [6.07, 6.45) is 87.7. The van der Waals surface area contributed by atoms with Crippen LogP contribution in [0.4, 0.5) is 0 Å². The zero-order valence-electron chi connectivity index (χ0n) is 54.8. The summed E-state index contributed by atoms with van der Waals surface area (Å²) in [5.74, 6) is -0.851. The Kier molecular flexibility index (Phi) is 68.1. The van der Waals surface area contributed by atoms with Crippen molar-refractivity contribution in [3.8, 4) is 0 Å². The van der Waals surface area contributed by atoms with Gasteiger partial charge >= 0.3 is 17.9 Å². The van der Waals surface area contributed by atoms with Crippen molar-refractivity contribution in [1.29, 1.82) is 0 Å². The molecule has 0 bridgehead atoms. The highest BCUT2D eigenvalue weighted by Gasteiger charge is 2.19. The van der Waals surface area contributed by atoms with Gasteiger partial charge in [0.05, 0.1) is 0 Å². The third-order valence-corrected chi connectivity index (χ3v) is 16.6. The van der Waals surface area contributed by atoms with Crippen LogP contribution in [0.25, 0.3) is 0 Å². The van der Waals surface area contributed by atoms with Gasteiger partial charge in [-0.05, 0) is 57.8 Å². The number of rotatable bonds is 68. The summed E-state index contributed by atoms with van der Waals surface area (Å²) >= 11 is 0. The first kappa shape index (κ1) is 78.6. The van der Waals surface area contributed by atoms with Gasteiger partial charge in [-0.1, -0.05) is 365 Å². The van der Waals surface area contributed by atoms with Crippen LogP contribution >= 0.6 is 0 Å². The molecule has 0 saturated carbocycles. The number of ether oxygens (including phenoxy) is 3. The fraction of sp³-hybridized carbons (Fsp3) is 0.880. The van der Waals surface area contributed by atoms with E-state index in [0.717, 1.165) is 77.0 Å². The molecule has 0 spiro atoms. The van der Waals surface area contributed by atoms with E-state index in [1.807, 2.05) is 0 Å². The van der Waals surface area contributed by atoms with E-state index in [-0.39, 0.29) is 31.1 Å². The summed E-state index contributed by atoms with van der Waals surface area (Å²) in [7, 11) is 0. The number of hydrogen-bond acceptors (Lipinski definition) is 6. The molecular formula is C75H140O6. The maximum Gasteiger partial charge on any atom is 0.306 e. The summed E-state index contributed by atoms with van der Waals surface area (Å²) in [6, 6.07) is 0. The topological polar surface area (TPSA) is 78.9 Å². The summed E-state index contributed by atoms with van der Waals surface area (Å²) < 4.78 is 17.0. The van der Waals surface area contributed by atoms with Crippen molar-refractivity contribution in [3.05, 3.63) is 36.5 Å². The van der Waals surface area contributed by atoms with E-state index < -0.39 is 6.10 Å². The van der Waals surface area contributed by atoms with Crippen molar-refractivity contribution < 1.29 is 28.6 Å². The Balaban J connectivity index is 4.11. The van der Waals surface area contributed by atoms with E-state index >= 15 is 0 Å². The average Bonchev–Trinajstić information content (AvgIpc) is 3.47. The van der Waals surface area contributed by atoms with Crippen LogP contribution in [0, 0.1) is 0 Å². The second-order valence-electron chi connectivity index (χ2n) is 24.9. The fourth-order valence-electron chi connectivity index (χ4n) is 11.2. The van der Waals surface area contributed by atoms with Crippen LogP contribution in [0.5, 0.6) is 0 Å². The van der Waals surface area contributed by atoms with E-state index in [0.29, 0.717) is 19.3 Å². The highest BCUT2D eigenvalue weighted by atomic mass is 16.6. The number of esters is 3.